The fourth-order valence-corrected chi connectivity index (χ4v) is 2.76. The van der Waals surface area contributed by atoms with Crippen LogP contribution in [-0.4, -0.2) is 55.0 Å². The second-order valence-electron chi connectivity index (χ2n) is 5.61. The van der Waals surface area contributed by atoms with Gasteiger partial charge < -0.3 is 5.32 Å². The highest BCUT2D eigenvalue weighted by molar-refractivity contribution is 6.31. The molecule has 1 amide bonds. The molecule has 1 fully saturated rings. The lowest BCUT2D eigenvalue weighted by Crippen LogP contribution is -2.48. The minimum atomic E-state index is -4.56. The molecule has 1 aliphatic heterocycles. The van der Waals surface area contributed by atoms with Gasteiger partial charge in [0, 0.05) is 38.4 Å². The molecule has 24 heavy (non-hydrogen) atoms. The Morgan fingerprint density at radius 3 is 2.46 bits per heavy atom. The molecule has 1 saturated heterocycles. The Labute approximate surface area is 143 Å². The van der Waals surface area contributed by atoms with E-state index in [0.29, 0.717) is 0 Å². The zero-order valence-corrected chi connectivity index (χ0v) is 13.8. The molecule has 0 radical (unpaired) electrons. The zero-order chi connectivity index (χ0) is 17.7. The normalized spacial score (nSPS) is 16.8. The van der Waals surface area contributed by atoms with Crippen LogP contribution < -0.4 is 5.32 Å². The average molecular weight is 362 g/mol. The maximum Gasteiger partial charge on any atom is 0.417 e. The Morgan fingerprint density at radius 2 is 1.88 bits per heavy atom. The summed E-state index contributed by atoms with van der Waals surface area (Å²) >= 11 is 5.56. The van der Waals surface area contributed by atoms with E-state index in [1.54, 1.807) is 0 Å². The van der Waals surface area contributed by atoms with Gasteiger partial charge in [-0.3, -0.25) is 14.6 Å². The van der Waals surface area contributed by atoms with E-state index < -0.39 is 11.7 Å². The van der Waals surface area contributed by atoms with Crippen molar-refractivity contribution in [1.82, 2.24) is 9.80 Å². The van der Waals surface area contributed by atoms with Crippen LogP contribution in [0.15, 0.2) is 30.9 Å². The van der Waals surface area contributed by atoms with E-state index in [0.717, 1.165) is 44.9 Å². The van der Waals surface area contributed by atoms with Crippen molar-refractivity contribution in [2.75, 3.05) is 44.6 Å². The minimum absolute atomic E-state index is 0.0852. The quantitative estimate of drug-likeness (QED) is 0.819. The van der Waals surface area contributed by atoms with Gasteiger partial charge in [-0.25, -0.2) is 0 Å². The van der Waals surface area contributed by atoms with Crippen molar-refractivity contribution in [2.24, 2.45) is 0 Å². The maximum atomic E-state index is 12.8. The first-order valence-corrected chi connectivity index (χ1v) is 7.89. The van der Waals surface area contributed by atoms with E-state index in [-0.39, 0.29) is 23.2 Å². The number of alkyl halides is 3. The summed E-state index contributed by atoms with van der Waals surface area (Å²) in [5.41, 5.74) is -0.873. The Morgan fingerprint density at radius 1 is 1.25 bits per heavy atom. The number of nitrogens with zero attached hydrogens (tertiary/aromatic N) is 2. The second kappa shape index (κ2) is 8.00. The molecule has 1 heterocycles. The SMILES string of the molecule is C=CCN1CCN(CC(=O)Nc2ccc(Cl)c(C(F)(F)F)c2)CC1. The lowest BCUT2D eigenvalue weighted by atomic mass is 10.2. The molecule has 8 heteroatoms. The van der Waals surface area contributed by atoms with Crippen molar-refractivity contribution in [1.29, 1.82) is 0 Å². The number of hydrogen-bond donors (Lipinski definition) is 1. The van der Waals surface area contributed by atoms with Crippen molar-refractivity contribution < 1.29 is 18.0 Å². The fourth-order valence-electron chi connectivity index (χ4n) is 2.54. The summed E-state index contributed by atoms with van der Waals surface area (Å²) in [6.45, 7) is 7.77. The molecule has 0 saturated carbocycles. The van der Waals surface area contributed by atoms with Crippen LogP contribution in [0.25, 0.3) is 0 Å². The third-order valence-corrected chi connectivity index (χ3v) is 4.10. The number of nitrogens with one attached hydrogen (secondary N) is 1. The van der Waals surface area contributed by atoms with Crippen molar-refractivity contribution in [2.45, 2.75) is 6.18 Å². The van der Waals surface area contributed by atoms with Crippen molar-refractivity contribution in [3.63, 3.8) is 0 Å². The molecular weight excluding hydrogens is 343 g/mol. The number of amides is 1. The van der Waals surface area contributed by atoms with Crippen molar-refractivity contribution >= 4 is 23.2 Å². The molecule has 0 aromatic heterocycles. The van der Waals surface area contributed by atoms with E-state index in [2.05, 4.69) is 16.8 Å². The first-order valence-electron chi connectivity index (χ1n) is 7.52. The van der Waals surface area contributed by atoms with Gasteiger partial charge in [0.15, 0.2) is 0 Å². The number of rotatable bonds is 5. The molecule has 132 valence electrons. The van der Waals surface area contributed by atoms with Crippen LogP contribution >= 0.6 is 11.6 Å². The number of carbonyl (C=O) groups is 1. The van der Waals surface area contributed by atoms with E-state index >= 15 is 0 Å². The first kappa shape index (κ1) is 18.8. The molecule has 2 rings (SSSR count). The van der Waals surface area contributed by atoms with E-state index in [1.165, 1.54) is 6.07 Å². The summed E-state index contributed by atoms with van der Waals surface area (Å²) in [7, 11) is 0. The molecule has 0 aliphatic carbocycles. The van der Waals surface area contributed by atoms with Crippen LogP contribution in [0.1, 0.15) is 5.56 Å². The van der Waals surface area contributed by atoms with E-state index in [9.17, 15) is 18.0 Å². The van der Waals surface area contributed by atoms with Gasteiger partial charge in [-0.1, -0.05) is 17.7 Å². The molecular formula is C16H19ClF3N3O. The lowest BCUT2D eigenvalue weighted by molar-refractivity contribution is -0.137. The monoisotopic (exact) mass is 361 g/mol. The summed E-state index contributed by atoms with van der Waals surface area (Å²) in [5, 5.41) is 2.11. The van der Waals surface area contributed by atoms with Gasteiger partial charge in [0.05, 0.1) is 17.1 Å². The van der Waals surface area contributed by atoms with Gasteiger partial charge >= 0.3 is 6.18 Å². The molecule has 0 spiro atoms. The molecule has 4 nitrogen and oxygen atoms in total. The third kappa shape index (κ3) is 5.22. The highest BCUT2D eigenvalue weighted by Gasteiger charge is 2.33. The predicted molar refractivity (Wildman–Crippen MR) is 88.2 cm³/mol. The van der Waals surface area contributed by atoms with Gasteiger partial charge in [-0.15, -0.1) is 6.58 Å². The van der Waals surface area contributed by atoms with Gasteiger partial charge in [0.1, 0.15) is 0 Å². The largest absolute Gasteiger partial charge is 0.417 e. The standard InChI is InChI=1S/C16H19ClF3N3O/c1-2-5-22-6-8-23(9-7-22)11-15(24)21-12-3-4-14(17)13(10-12)16(18,19)20/h2-4,10H,1,5-9,11H2,(H,21,24). The topological polar surface area (TPSA) is 35.6 Å². The Kier molecular flexibility index (Phi) is 6.26. The number of hydrogen-bond acceptors (Lipinski definition) is 3. The lowest BCUT2D eigenvalue weighted by Gasteiger charge is -2.33. The Hall–Kier alpha value is -1.57. The van der Waals surface area contributed by atoms with Crippen LogP contribution in [0, 0.1) is 0 Å². The molecule has 1 aromatic rings. The smallest absolute Gasteiger partial charge is 0.325 e. The van der Waals surface area contributed by atoms with Gasteiger partial charge in [0.2, 0.25) is 5.91 Å². The maximum absolute atomic E-state index is 12.8. The van der Waals surface area contributed by atoms with Gasteiger partial charge in [0.25, 0.3) is 0 Å². The summed E-state index contributed by atoms with van der Waals surface area (Å²) < 4.78 is 38.5. The summed E-state index contributed by atoms with van der Waals surface area (Å²) in [6, 6.07) is 3.34. The number of halogens is 4. The fraction of sp³-hybridized carbons (Fsp3) is 0.438. The molecule has 0 atom stereocenters. The van der Waals surface area contributed by atoms with Crippen LogP contribution in [0.2, 0.25) is 5.02 Å². The van der Waals surface area contributed by atoms with Crippen LogP contribution in [-0.2, 0) is 11.0 Å². The Bertz CT molecular complexity index is 599. The summed E-state index contributed by atoms with van der Waals surface area (Å²) in [4.78, 5) is 16.2. The number of carbonyl (C=O) groups excluding carboxylic acids is 1. The summed E-state index contributed by atoms with van der Waals surface area (Å²) in [6.07, 6.45) is -2.72. The minimum Gasteiger partial charge on any atom is -0.325 e. The van der Waals surface area contributed by atoms with Gasteiger partial charge in [-0.2, -0.15) is 13.2 Å². The molecule has 1 aliphatic rings. The van der Waals surface area contributed by atoms with Crippen molar-refractivity contribution in [3.8, 4) is 0 Å². The number of benzene rings is 1. The molecule has 1 aromatic carbocycles. The number of piperazine rings is 1. The first-order chi connectivity index (χ1) is 11.3. The zero-order valence-electron chi connectivity index (χ0n) is 13.1. The van der Waals surface area contributed by atoms with Crippen molar-refractivity contribution in [3.05, 3.63) is 41.4 Å². The van der Waals surface area contributed by atoms with Crippen LogP contribution in [0.5, 0.6) is 0 Å². The average Bonchev–Trinajstić information content (AvgIpc) is 2.50. The molecule has 1 N–H and O–H groups in total. The van der Waals surface area contributed by atoms with E-state index in [1.807, 2.05) is 11.0 Å². The highest BCUT2D eigenvalue weighted by atomic mass is 35.5. The van der Waals surface area contributed by atoms with Crippen LogP contribution in [0.3, 0.4) is 0 Å². The molecule has 0 unspecified atom stereocenters. The van der Waals surface area contributed by atoms with E-state index in [4.69, 9.17) is 11.6 Å². The van der Waals surface area contributed by atoms with Crippen LogP contribution in [0.4, 0.5) is 18.9 Å². The number of anilines is 1. The summed E-state index contributed by atoms with van der Waals surface area (Å²) in [5.74, 6) is -0.345. The highest BCUT2D eigenvalue weighted by Crippen LogP contribution is 2.36. The third-order valence-electron chi connectivity index (χ3n) is 3.77. The second-order valence-corrected chi connectivity index (χ2v) is 6.01. The predicted octanol–water partition coefficient (Wildman–Crippen LogP) is 3.10. The Balaban J connectivity index is 1.90. The van der Waals surface area contributed by atoms with Gasteiger partial charge in [-0.05, 0) is 18.2 Å². The molecule has 0 bridgehead atoms.